The van der Waals surface area contributed by atoms with Crippen LogP contribution in [0.15, 0.2) is 176 Å². The third-order valence-electron chi connectivity index (χ3n) is 10.2. The number of allylic oxidation sites excluding steroid dienone is 2. The fourth-order valence-electron chi connectivity index (χ4n) is 7.92. The fourth-order valence-corrected chi connectivity index (χ4v) is 7.92. The first-order valence-electron chi connectivity index (χ1n) is 17.0. The van der Waals surface area contributed by atoms with Gasteiger partial charge in [-0.2, -0.15) is 0 Å². The predicted octanol–water partition coefficient (Wildman–Crippen LogP) is 11.7. The lowest BCUT2D eigenvalue weighted by molar-refractivity contribution is 0.263. The molecule has 10 rings (SSSR count). The number of fused-ring (bicyclic) bond motifs is 8. The van der Waals surface area contributed by atoms with Gasteiger partial charge in [-0.3, -0.25) is 0 Å². The van der Waals surface area contributed by atoms with Gasteiger partial charge in [0.15, 0.2) is 12.0 Å². The number of anilines is 6. The van der Waals surface area contributed by atoms with Crippen LogP contribution in [-0.2, 0) is 0 Å². The Morgan fingerprint density at radius 2 is 1.27 bits per heavy atom. The van der Waals surface area contributed by atoms with Gasteiger partial charge in [-0.1, -0.05) is 121 Å². The van der Waals surface area contributed by atoms with Crippen molar-refractivity contribution < 1.29 is 4.74 Å². The van der Waals surface area contributed by atoms with E-state index in [0.29, 0.717) is 5.92 Å². The van der Waals surface area contributed by atoms with Gasteiger partial charge in [0.05, 0.1) is 11.7 Å². The van der Waals surface area contributed by atoms with E-state index in [2.05, 4.69) is 185 Å². The lowest BCUT2D eigenvalue weighted by Gasteiger charge is -2.30. The lowest BCUT2D eigenvalue weighted by Crippen LogP contribution is -2.28. The number of benzene rings is 7. The first-order valence-corrected chi connectivity index (χ1v) is 17.0. The zero-order chi connectivity index (χ0) is 32.3. The quantitative estimate of drug-likeness (QED) is 0.191. The number of hydrogen-bond acceptors (Lipinski definition) is 4. The Kier molecular flexibility index (Phi) is 6.34. The van der Waals surface area contributed by atoms with Crippen LogP contribution >= 0.6 is 0 Å². The van der Waals surface area contributed by atoms with Crippen molar-refractivity contribution >= 4 is 55.7 Å². The minimum Gasteiger partial charge on any atom is -0.464 e. The standard InChI is InChI=1S/C45H33N3O/c1-4-12-32(13-5-1)45-46-40-27-23-31-21-20-30-22-24-35(28-39(30)43(31)44(40)49-45)47(33-14-6-2-7-15-33)36-25-26-38-37-18-10-11-19-41(37)48(42(38)29-36)34-16-8-3-9-17-34/h1-29,37,41,45-46H. The summed E-state index contributed by atoms with van der Waals surface area (Å²) in [7, 11) is 0. The van der Waals surface area contributed by atoms with E-state index >= 15 is 0 Å². The SMILES string of the molecule is C1=CC2c3ccc(N(c4ccccc4)c4ccc5ccc6ccc7c(c6c5c4)OC(c4ccccc4)N7)cc3N(c3ccccc3)C2C=C1. The average molecular weight is 632 g/mol. The van der Waals surface area contributed by atoms with Crippen LogP contribution < -0.4 is 19.9 Å². The van der Waals surface area contributed by atoms with Crippen molar-refractivity contribution in [3.05, 3.63) is 187 Å². The van der Waals surface area contributed by atoms with Crippen LogP contribution in [0.5, 0.6) is 5.75 Å². The third kappa shape index (κ3) is 4.52. The largest absolute Gasteiger partial charge is 0.464 e. The summed E-state index contributed by atoms with van der Waals surface area (Å²) in [6, 6.07) is 54.6. The molecule has 0 aromatic heterocycles. The maximum atomic E-state index is 6.69. The van der Waals surface area contributed by atoms with Crippen LogP contribution in [0.25, 0.3) is 21.5 Å². The lowest BCUT2D eigenvalue weighted by atomic mass is 9.91. The van der Waals surface area contributed by atoms with Crippen LogP contribution in [0.3, 0.4) is 0 Å². The third-order valence-corrected chi connectivity index (χ3v) is 10.2. The summed E-state index contributed by atoms with van der Waals surface area (Å²) in [4.78, 5) is 4.88. The smallest absolute Gasteiger partial charge is 0.196 e. The first kappa shape index (κ1) is 27.8. The summed E-state index contributed by atoms with van der Waals surface area (Å²) < 4.78 is 6.69. The Bertz CT molecular complexity index is 2420. The number of ether oxygens (including phenoxy) is 1. The molecule has 0 fully saturated rings. The summed E-state index contributed by atoms with van der Waals surface area (Å²) in [6.45, 7) is 0. The second-order valence-corrected chi connectivity index (χ2v) is 13.0. The van der Waals surface area contributed by atoms with Gasteiger partial charge in [0.25, 0.3) is 0 Å². The molecule has 4 heteroatoms. The van der Waals surface area contributed by atoms with Crippen molar-refractivity contribution in [2.24, 2.45) is 0 Å². The number of rotatable bonds is 5. The molecule has 49 heavy (non-hydrogen) atoms. The van der Waals surface area contributed by atoms with E-state index in [1.807, 2.05) is 6.07 Å². The molecular formula is C45H33N3O. The maximum Gasteiger partial charge on any atom is 0.196 e. The van der Waals surface area contributed by atoms with Crippen molar-refractivity contribution in [3.8, 4) is 5.75 Å². The molecule has 7 aromatic carbocycles. The monoisotopic (exact) mass is 631 g/mol. The van der Waals surface area contributed by atoms with Crippen molar-refractivity contribution in [2.75, 3.05) is 15.1 Å². The van der Waals surface area contributed by atoms with Crippen molar-refractivity contribution in [2.45, 2.75) is 18.2 Å². The Morgan fingerprint density at radius 1 is 0.592 bits per heavy atom. The van der Waals surface area contributed by atoms with E-state index in [4.69, 9.17) is 4.74 Å². The normalized spacial score (nSPS) is 18.5. The Hall–Kier alpha value is -6.26. The summed E-state index contributed by atoms with van der Waals surface area (Å²) in [6.07, 6.45) is 8.80. The summed E-state index contributed by atoms with van der Waals surface area (Å²) in [5, 5.41) is 8.24. The molecule has 2 aliphatic heterocycles. The van der Waals surface area contributed by atoms with Gasteiger partial charge in [-0.05, 0) is 76.3 Å². The average Bonchev–Trinajstić information content (AvgIpc) is 3.75. The number of para-hydroxylation sites is 2. The van der Waals surface area contributed by atoms with Gasteiger partial charge in [0, 0.05) is 45.3 Å². The van der Waals surface area contributed by atoms with Crippen molar-refractivity contribution in [3.63, 3.8) is 0 Å². The summed E-state index contributed by atoms with van der Waals surface area (Å²) in [5.74, 6) is 1.21. The molecule has 234 valence electrons. The Labute approximate surface area is 285 Å². The molecule has 0 bridgehead atoms. The van der Waals surface area contributed by atoms with Crippen LogP contribution in [0.4, 0.5) is 34.1 Å². The van der Waals surface area contributed by atoms with Crippen molar-refractivity contribution in [1.29, 1.82) is 0 Å². The highest BCUT2D eigenvalue weighted by Gasteiger charge is 2.38. The van der Waals surface area contributed by atoms with Gasteiger partial charge in [0.1, 0.15) is 0 Å². The molecule has 1 aliphatic carbocycles. The van der Waals surface area contributed by atoms with Gasteiger partial charge in [-0.15, -0.1) is 0 Å². The molecule has 4 nitrogen and oxygen atoms in total. The predicted molar refractivity (Wildman–Crippen MR) is 203 cm³/mol. The molecule has 0 spiro atoms. The van der Waals surface area contributed by atoms with Crippen LogP contribution in [-0.4, -0.2) is 6.04 Å². The van der Waals surface area contributed by atoms with Crippen LogP contribution in [0.2, 0.25) is 0 Å². The molecule has 0 saturated heterocycles. The number of nitrogens with one attached hydrogen (secondary N) is 1. The van der Waals surface area contributed by atoms with E-state index in [1.54, 1.807) is 0 Å². The van der Waals surface area contributed by atoms with Gasteiger partial charge >= 0.3 is 0 Å². The highest BCUT2D eigenvalue weighted by molar-refractivity contribution is 6.14. The molecule has 3 atom stereocenters. The zero-order valence-corrected chi connectivity index (χ0v) is 26.8. The minimum absolute atomic E-state index is 0.228. The molecule has 1 N–H and O–H groups in total. The maximum absolute atomic E-state index is 6.69. The first-order chi connectivity index (χ1) is 24.3. The van der Waals surface area contributed by atoms with E-state index in [-0.39, 0.29) is 12.3 Å². The molecule has 3 unspecified atom stereocenters. The molecule has 0 amide bonds. The highest BCUT2D eigenvalue weighted by atomic mass is 16.5. The van der Waals surface area contributed by atoms with Crippen LogP contribution in [0.1, 0.15) is 23.3 Å². The number of hydrogen-bond donors (Lipinski definition) is 1. The molecule has 7 aromatic rings. The number of nitrogens with zero attached hydrogens (tertiary/aromatic N) is 2. The fraction of sp³-hybridized carbons (Fsp3) is 0.0667. The van der Waals surface area contributed by atoms with Gasteiger partial charge < -0.3 is 19.9 Å². The van der Waals surface area contributed by atoms with Crippen LogP contribution in [0, 0.1) is 0 Å². The molecule has 3 aliphatic rings. The Balaban J connectivity index is 1.14. The van der Waals surface area contributed by atoms with E-state index in [0.717, 1.165) is 50.2 Å². The minimum atomic E-state index is -0.228. The highest BCUT2D eigenvalue weighted by Crippen LogP contribution is 2.51. The molecular weight excluding hydrogens is 599 g/mol. The molecule has 0 saturated carbocycles. The molecule has 2 heterocycles. The van der Waals surface area contributed by atoms with Gasteiger partial charge in [0.2, 0.25) is 0 Å². The second kappa shape index (κ2) is 11.2. The topological polar surface area (TPSA) is 27.7 Å². The summed E-state index contributed by atoms with van der Waals surface area (Å²) in [5.41, 5.74) is 9.23. The van der Waals surface area contributed by atoms with Gasteiger partial charge in [-0.25, -0.2) is 0 Å². The van der Waals surface area contributed by atoms with E-state index in [1.165, 1.54) is 22.3 Å². The Morgan fingerprint density at radius 3 is 2.10 bits per heavy atom. The van der Waals surface area contributed by atoms with E-state index in [9.17, 15) is 0 Å². The summed E-state index contributed by atoms with van der Waals surface area (Å²) >= 11 is 0. The zero-order valence-electron chi connectivity index (χ0n) is 26.8. The molecule has 0 radical (unpaired) electrons. The van der Waals surface area contributed by atoms with Crippen molar-refractivity contribution in [1.82, 2.24) is 0 Å². The second-order valence-electron chi connectivity index (χ2n) is 13.0. The van der Waals surface area contributed by atoms with E-state index < -0.39 is 0 Å².